The minimum absolute atomic E-state index is 0.124. The lowest BCUT2D eigenvalue weighted by molar-refractivity contribution is -0.117. The molecular weight excluding hydrogens is 591 g/mol. The first-order chi connectivity index (χ1) is 20.9. The Labute approximate surface area is 259 Å². The number of amides is 1. The normalized spacial score (nSPS) is 18.0. The van der Waals surface area contributed by atoms with Gasteiger partial charge in [0.05, 0.1) is 53.9 Å². The van der Waals surface area contributed by atoms with Crippen LogP contribution in [0.4, 0.5) is 17.3 Å². The molecule has 1 aliphatic carbocycles. The first-order valence-electron chi connectivity index (χ1n) is 14.0. The van der Waals surface area contributed by atoms with Gasteiger partial charge in [-0.05, 0) is 37.0 Å². The fourth-order valence-electron chi connectivity index (χ4n) is 5.32. The van der Waals surface area contributed by atoms with Gasteiger partial charge in [-0.15, -0.1) is 0 Å². The average molecular weight is 624 g/mol. The zero-order valence-corrected chi connectivity index (χ0v) is 25.3. The van der Waals surface area contributed by atoms with E-state index in [1.54, 1.807) is 32.7 Å². The second kappa shape index (κ2) is 12.2. The van der Waals surface area contributed by atoms with Crippen LogP contribution in [0, 0.1) is 5.92 Å². The van der Waals surface area contributed by atoms with Gasteiger partial charge < -0.3 is 30.3 Å². The number of hydrogen-bond donors (Lipinski definition) is 4. The Bertz CT molecular complexity index is 1630. The molecular formula is C30H32Cl2N8O3. The van der Waals surface area contributed by atoms with Crippen molar-refractivity contribution < 1.29 is 14.3 Å². The molecule has 1 saturated heterocycles. The molecule has 1 amide bonds. The summed E-state index contributed by atoms with van der Waals surface area (Å²) in [4.78, 5) is 24.1. The standard InChI is InChI=1S/C30H32Cl2N8O3/c1-4-26(41)38-22-15-40(18-12-35-36-13-18)14-21(22)37-25-8-19-17(11-33-25)7-20(39-30(19)34-10-16-5-6-16)27-28(31)23(42-2)9-24(43-3)29(27)32/h4,7-9,11-13,16,21-22H,1,5-6,10,14-15H2,2-3H3,(H,33,37)(H,34,39)(H,35,36)(H,38,41)/t21-,22+/m1/s1. The second-order valence-electron chi connectivity index (χ2n) is 10.7. The van der Waals surface area contributed by atoms with Crippen molar-refractivity contribution in [3.63, 3.8) is 0 Å². The maximum absolute atomic E-state index is 12.2. The Kier molecular flexibility index (Phi) is 8.18. The summed E-state index contributed by atoms with van der Waals surface area (Å²) < 4.78 is 11.0. The third-order valence-corrected chi connectivity index (χ3v) is 8.56. The quantitative estimate of drug-likeness (QED) is 0.168. The monoisotopic (exact) mass is 622 g/mol. The fourth-order valence-corrected chi connectivity index (χ4v) is 6.01. The molecule has 11 nitrogen and oxygen atoms in total. The molecule has 0 bridgehead atoms. The number of rotatable bonds is 11. The van der Waals surface area contributed by atoms with E-state index in [1.807, 2.05) is 18.3 Å². The molecule has 13 heteroatoms. The molecule has 4 heterocycles. The van der Waals surface area contributed by atoms with Gasteiger partial charge in [-0.3, -0.25) is 9.89 Å². The maximum Gasteiger partial charge on any atom is 0.243 e. The predicted octanol–water partition coefficient (Wildman–Crippen LogP) is 5.14. The van der Waals surface area contributed by atoms with Gasteiger partial charge in [-0.1, -0.05) is 29.8 Å². The Morgan fingerprint density at radius 3 is 2.51 bits per heavy atom. The lowest BCUT2D eigenvalue weighted by Gasteiger charge is -2.21. The van der Waals surface area contributed by atoms with Crippen molar-refractivity contribution in [2.75, 3.05) is 49.4 Å². The smallest absolute Gasteiger partial charge is 0.243 e. The molecule has 0 unspecified atom stereocenters. The van der Waals surface area contributed by atoms with Gasteiger partial charge >= 0.3 is 0 Å². The van der Waals surface area contributed by atoms with Crippen LogP contribution >= 0.6 is 23.2 Å². The zero-order valence-electron chi connectivity index (χ0n) is 23.8. The highest BCUT2D eigenvalue weighted by molar-refractivity contribution is 6.41. The van der Waals surface area contributed by atoms with Gasteiger partial charge in [0.15, 0.2) is 0 Å². The van der Waals surface area contributed by atoms with Crippen molar-refractivity contribution >= 4 is 57.2 Å². The van der Waals surface area contributed by atoms with Crippen LogP contribution in [0.5, 0.6) is 11.5 Å². The molecule has 43 heavy (non-hydrogen) atoms. The minimum atomic E-state index is -0.230. The summed E-state index contributed by atoms with van der Waals surface area (Å²) in [6.07, 6.45) is 9.06. The molecule has 1 aliphatic heterocycles. The summed E-state index contributed by atoms with van der Waals surface area (Å²) in [6, 6.07) is 5.23. The van der Waals surface area contributed by atoms with E-state index in [-0.39, 0.29) is 18.0 Å². The third-order valence-electron chi connectivity index (χ3n) is 7.81. The number of ether oxygens (including phenoxy) is 2. The number of fused-ring (bicyclic) bond motifs is 1. The SMILES string of the molecule is C=CC(=O)N[C@H]1CN(c2cn[nH]c2)C[C@H]1Nc1cc2c(NCC3CC3)nc(-c3c(Cl)c(OC)cc(OC)c3Cl)cc2cn1. The summed E-state index contributed by atoms with van der Waals surface area (Å²) in [5.41, 5.74) is 2.03. The van der Waals surface area contributed by atoms with Crippen LogP contribution in [-0.2, 0) is 4.79 Å². The van der Waals surface area contributed by atoms with Crippen LogP contribution in [0.1, 0.15) is 12.8 Å². The molecule has 6 rings (SSSR count). The topological polar surface area (TPSA) is 129 Å². The van der Waals surface area contributed by atoms with Crippen molar-refractivity contribution in [2.24, 2.45) is 5.92 Å². The third kappa shape index (κ3) is 6.00. The molecule has 4 aromatic rings. The summed E-state index contributed by atoms with van der Waals surface area (Å²) >= 11 is 13.5. The number of halogens is 2. The Morgan fingerprint density at radius 1 is 1.12 bits per heavy atom. The largest absolute Gasteiger partial charge is 0.495 e. The van der Waals surface area contributed by atoms with Gasteiger partial charge in [-0.2, -0.15) is 5.10 Å². The molecule has 0 spiro atoms. The van der Waals surface area contributed by atoms with Crippen molar-refractivity contribution in [1.29, 1.82) is 0 Å². The second-order valence-corrected chi connectivity index (χ2v) is 11.4. The van der Waals surface area contributed by atoms with E-state index in [9.17, 15) is 4.79 Å². The predicted molar refractivity (Wildman–Crippen MR) is 170 cm³/mol. The zero-order chi connectivity index (χ0) is 30.1. The number of carbonyl (C=O) groups excluding carboxylic acids is 1. The van der Waals surface area contributed by atoms with Crippen LogP contribution < -0.4 is 30.3 Å². The number of nitrogens with one attached hydrogen (secondary N) is 4. The lowest BCUT2D eigenvalue weighted by atomic mass is 10.1. The van der Waals surface area contributed by atoms with Crippen molar-refractivity contribution in [3.8, 4) is 22.8 Å². The average Bonchev–Trinajstić information content (AvgIpc) is 3.51. The van der Waals surface area contributed by atoms with Crippen LogP contribution in [-0.4, -0.2) is 72.0 Å². The minimum Gasteiger partial charge on any atom is -0.495 e. The van der Waals surface area contributed by atoms with Gasteiger partial charge in [0.2, 0.25) is 5.91 Å². The van der Waals surface area contributed by atoms with Gasteiger partial charge in [0.25, 0.3) is 0 Å². The number of aromatic nitrogens is 4. The molecule has 2 aliphatic rings. The van der Waals surface area contributed by atoms with E-state index in [4.69, 9.17) is 42.6 Å². The molecule has 1 saturated carbocycles. The number of H-pyrrole nitrogens is 1. The molecule has 4 N–H and O–H groups in total. The number of methoxy groups -OCH3 is 2. The van der Waals surface area contributed by atoms with Crippen molar-refractivity contribution in [1.82, 2.24) is 25.5 Å². The number of aromatic amines is 1. The number of anilines is 3. The van der Waals surface area contributed by atoms with Crippen molar-refractivity contribution in [3.05, 3.63) is 59.5 Å². The van der Waals surface area contributed by atoms with Gasteiger partial charge in [0.1, 0.15) is 23.1 Å². The van der Waals surface area contributed by atoms with E-state index in [0.717, 1.165) is 23.0 Å². The van der Waals surface area contributed by atoms with Crippen molar-refractivity contribution in [2.45, 2.75) is 24.9 Å². The van der Waals surface area contributed by atoms with Crippen LogP contribution in [0.3, 0.4) is 0 Å². The highest BCUT2D eigenvalue weighted by atomic mass is 35.5. The summed E-state index contributed by atoms with van der Waals surface area (Å²) in [6.45, 7) is 5.65. The van der Waals surface area contributed by atoms with E-state index >= 15 is 0 Å². The highest BCUT2D eigenvalue weighted by Gasteiger charge is 2.34. The first-order valence-corrected chi connectivity index (χ1v) is 14.7. The maximum atomic E-state index is 12.2. The lowest BCUT2D eigenvalue weighted by Crippen LogP contribution is -2.45. The highest BCUT2D eigenvalue weighted by Crippen LogP contribution is 2.46. The number of nitrogens with zero attached hydrogens (tertiary/aromatic N) is 4. The fraction of sp³-hybridized carbons (Fsp3) is 0.333. The molecule has 3 aromatic heterocycles. The molecule has 2 fully saturated rings. The van der Waals surface area contributed by atoms with E-state index in [0.29, 0.717) is 63.4 Å². The number of benzene rings is 1. The van der Waals surface area contributed by atoms with E-state index < -0.39 is 0 Å². The molecule has 2 atom stereocenters. The Hall–Kier alpha value is -4.22. The Balaban J connectivity index is 1.37. The number of carbonyl (C=O) groups is 1. The van der Waals surface area contributed by atoms with Crippen LogP contribution in [0.2, 0.25) is 10.0 Å². The van der Waals surface area contributed by atoms with Gasteiger partial charge in [-0.25, -0.2) is 9.97 Å². The van der Waals surface area contributed by atoms with E-state index in [2.05, 4.69) is 37.6 Å². The number of pyridine rings is 2. The summed E-state index contributed by atoms with van der Waals surface area (Å²) in [5.74, 6) is 2.61. The van der Waals surface area contributed by atoms with Crippen LogP contribution in [0.15, 0.2) is 49.4 Å². The van der Waals surface area contributed by atoms with E-state index in [1.165, 1.54) is 18.9 Å². The first kappa shape index (κ1) is 28.9. The number of hydrogen-bond acceptors (Lipinski definition) is 9. The van der Waals surface area contributed by atoms with Crippen LogP contribution in [0.25, 0.3) is 22.0 Å². The molecule has 1 aromatic carbocycles. The summed E-state index contributed by atoms with van der Waals surface area (Å²) in [5, 5.41) is 19.5. The van der Waals surface area contributed by atoms with Gasteiger partial charge in [0, 0.05) is 54.4 Å². The molecule has 0 radical (unpaired) electrons. The Morgan fingerprint density at radius 2 is 1.86 bits per heavy atom. The molecule has 224 valence electrons. The summed E-state index contributed by atoms with van der Waals surface area (Å²) in [7, 11) is 3.08.